The first-order chi connectivity index (χ1) is 10.1. The van der Waals surface area contributed by atoms with Gasteiger partial charge in [0.2, 0.25) is 0 Å². The van der Waals surface area contributed by atoms with E-state index in [1.807, 2.05) is 24.3 Å². The van der Waals surface area contributed by atoms with Crippen molar-refractivity contribution in [1.29, 1.82) is 0 Å². The molecule has 118 valence electrons. The van der Waals surface area contributed by atoms with Crippen molar-refractivity contribution >= 4 is 0 Å². The number of hydrogen-bond acceptors (Lipinski definition) is 5. The Hall–Kier alpha value is -1.30. The van der Waals surface area contributed by atoms with Crippen molar-refractivity contribution in [2.75, 3.05) is 33.4 Å². The molecule has 0 bridgehead atoms. The van der Waals surface area contributed by atoms with E-state index in [1.165, 1.54) is 0 Å². The van der Waals surface area contributed by atoms with Crippen molar-refractivity contribution in [3.63, 3.8) is 0 Å². The van der Waals surface area contributed by atoms with Crippen LogP contribution in [0.3, 0.4) is 0 Å². The molecule has 0 aliphatic carbocycles. The molecule has 1 aliphatic heterocycles. The van der Waals surface area contributed by atoms with Crippen LogP contribution in [-0.4, -0.2) is 61.7 Å². The summed E-state index contributed by atoms with van der Waals surface area (Å²) in [6.07, 6.45) is -0.125. The van der Waals surface area contributed by atoms with Crippen LogP contribution in [0.25, 0.3) is 0 Å². The predicted molar refractivity (Wildman–Crippen MR) is 80.9 cm³/mol. The first-order valence-electron chi connectivity index (χ1n) is 7.40. The van der Waals surface area contributed by atoms with Crippen molar-refractivity contribution < 1.29 is 19.3 Å². The number of rotatable bonds is 6. The van der Waals surface area contributed by atoms with Crippen molar-refractivity contribution in [3.8, 4) is 11.5 Å². The molecule has 0 spiro atoms. The summed E-state index contributed by atoms with van der Waals surface area (Å²) in [4.78, 5) is 2.22. The average molecular weight is 295 g/mol. The minimum Gasteiger partial charge on any atom is -0.493 e. The number of aliphatic hydroxyl groups is 1. The van der Waals surface area contributed by atoms with Gasteiger partial charge in [0.1, 0.15) is 12.7 Å². The highest BCUT2D eigenvalue weighted by Crippen LogP contribution is 2.25. The SMILES string of the molecule is COc1ccccc1OC[C@H](O)CN1C[C@@H](C)O[C@H](C)C1. The van der Waals surface area contributed by atoms with E-state index in [0.717, 1.165) is 13.1 Å². The molecule has 1 aromatic rings. The third-order valence-corrected chi connectivity index (χ3v) is 3.46. The summed E-state index contributed by atoms with van der Waals surface area (Å²) in [5.74, 6) is 1.33. The molecule has 1 heterocycles. The van der Waals surface area contributed by atoms with Gasteiger partial charge in [0, 0.05) is 19.6 Å². The highest BCUT2D eigenvalue weighted by Gasteiger charge is 2.24. The molecule has 1 aromatic carbocycles. The molecular weight excluding hydrogens is 270 g/mol. The van der Waals surface area contributed by atoms with Crippen LogP contribution in [0.4, 0.5) is 0 Å². The third kappa shape index (κ3) is 4.88. The van der Waals surface area contributed by atoms with E-state index in [1.54, 1.807) is 7.11 Å². The third-order valence-electron chi connectivity index (χ3n) is 3.46. The Morgan fingerprint density at radius 2 is 1.86 bits per heavy atom. The average Bonchev–Trinajstić information content (AvgIpc) is 2.44. The van der Waals surface area contributed by atoms with Crippen LogP contribution < -0.4 is 9.47 Å². The Balaban J connectivity index is 1.80. The lowest BCUT2D eigenvalue weighted by atomic mass is 10.2. The molecule has 0 aromatic heterocycles. The highest BCUT2D eigenvalue weighted by atomic mass is 16.5. The van der Waals surface area contributed by atoms with Gasteiger partial charge in [-0.1, -0.05) is 12.1 Å². The van der Waals surface area contributed by atoms with Crippen LogP contribution in [0.5, 0.6) is 11.5 Å². The van der Waals surface area contributed by atoms with E-state index in [0.29, 0.717) is 18.0 Å². The van der Waals surface area contributed by atoms with Gasteiger partial charge in [-0.15, -0.1) is 0 Å². The Labute approximate surface area is 126 Å². The van der Waals surface area contributed by atoms with Gasteiger partial charge in [-0.05, 0) is 26.0 Å². The molecule has 0 amide bonds. The quantitative estimate of drug-likeness (QED) is 0.863. The number of β-amino-alcohol motifs (C(OH)–C–C–N with tert-alkyl or cyclic N) is 1. The summed E-state index contributed by atoms with van der Waals surface area (Å²) in [6, 6.07) is 7.45. The Morgan fingerprint density at radius 3 is 2.48 bits per heavy atom. The number of benzene rings is 1. The number of nitrogens with zero attached hydrogens (tertiary/aromatic N) is 1. The molecule has 0 radical (unpaired) electrons. The molecule has 5 heteroatoms. The summed E-state index contributed by atoms with van der Waals surface area (Å²) < 4.78 is 16.6. The number of aliphatic hydroxyl groups excluding tert-OH is 1. The number of hydrogen-bond donors (Lipinski definition) is 1. The minimum atomic E-state index is -0.535. The first-order valence-corrected chi connectivity index (χ1v) is 7.40. The van der Waals surface area contributed by atoms with Gasteiger partial charge < -0.3 is 19.3 Å². The Morgan fingerprint density at radius 1 is 1.24 bits per heavy atom. The lowest BCUT2D eigenvalue weighted by Crippen LogP contribution is -2.48. The topological polar surface area (TPSA) is 51.2 Å². The second kappa shape index (κ2) is 7.64. The molecule has 3 atom stereocenters. The lowest BCUT2D eigenvalue weighted by molar-refractivity contribution is -0.0787. The highest BCUT2D eigenvalue weighted by molar-refractivity contribution is 5.39. The lowest BCUT2D eigenvalue weighted by Gasteiger charge is -2.36. The van der Waals surface area contributed by atoms with Gasteiger partial charge in [-0.3, -0.25) is 4.90 Å². The zero-order valence-corrected chi connectivity index (χ0v) is 13.0. The molecule has 2 rings (SSSR count). The predicted octanol–water partition coefficient (Wildman–Crippen LogP) is 1.54. The monoisotopic (exact) mass is 295 g/mol. The normalized spacial score (nSPS) is 24.6. The van der Waals surface area contributed by atoms with Crippen molar-refractivity contribution in [2.45, 2.75) is 32.2 Å². The summed E-state index contributed by atoms with van der Waals surface area (Å²) in [6.45, 7) is 6.64. The molecule has 21 heavy (non-hydrogen) atoms. The van der Waals surface area contributed by atoms with E-state index in [9.17, 15) is 5.11 Å². The fourth-order valence-corrected chi connectivity index (χ4v) is 2.71. The molecule has 1 N–H and O–H groups in total. The summed E-state index contributed by atoms with van der Waals surface area (Å²) in [5.41, 5.74) is 0. The zero-order valence-electron chi connectivity index (χ0n) is 13.0. The second-order valence-electron chi connectivity index (χ2n) is 5.59. The number of ether oxygens (including phenoxy) is 3. The first kappa shape index (κ1) is 16.1. The molecular formula is C16H25NO4. The largest absolute Gasteiger partial charge is 0.493 e. The van der Waals surface area contributed by atoms with Gasteiger partial charge in [-0.2, -0.15) is 0 Å². The smallest absolute Gasteiger partial charge is 0.161 e. The molecule has 0 unspecified atom stereocenters. The van der Waals surface area contributed by atoms with E-state index in [-0.39, 0.29) is 18.8 Å². The molecule has 5 nitrogen and oxygen atoms in total. The molecule has 0 saturated carbocycles. The maximum atomic E-state index is 10.2. The maximum Gasteiger partial charge on any atom is 0.161 e. The molecule has 1 fully saturated rings. The number of methoxy groups -OCH3 is 1. The maximum absolute atomic E-state index is 10.2. The van der Waals surface area contributed by atoms with Crippen LogP contribution in [0.1, 0.15) is 13.8 Å². The van der Waals surface area contributed by atoms with Gasteiger partial charge in [0.05, 0.1) is 19.3 Å². The Kier molecular flexibility index (Phi) is 5.85. The fourth-order valence-electron chi connectivity index (χ4n) is 2.71. The van der Waals surface area contributed by atoms with Crippen molar-refractivity contribution in [3.05, 3.63) is 24.3 Å². The van der Waals surface area contributed by atoms with Gasteiger partial charge in [0.25, 0.3) is 0 Å². The van der Waals surface area contributed by atoms with E-state index in [2.05, 4.69) is 18.7 Å². The molecule has 1 aliphatic rings. The van der Waals surface area contributed by atoms with Crippen LogP contribution in [-0.2, 0) is 4.74 Å². The zero-order chi connectivity index (χ0) is 15.2. The van der Waals surface area contributed by atoms with Crippen molar-refractivity contribution in [2.24, 2.45) is 0 Å². The van der Waals surface area contributed by atoms with E-state index >= 15 is 0 Å². The summed E-state index contributed by atoms with van der Waals surface area (Å²) in [7, 11) is 1.61. The number of morpholine rings is 1. The van der Waals surface area contributed by atoms with Gasteiger partial charge in [0.15, 0.2) is 11.5 Å². The summed E-state index contributed by atoms with van der Waals surface area (Å²) >= 11 is 0. The standard InChI is InChI=1S/C16H25NO4/c1-12-8-17(9-13(2)21-12)10-14(18)11-20-16-7-5-4-6-15(16)19-3/h4-7,12-14,18H,8-11H2,1-3H3/t12-,13-,14-/m1/s1. The van der Waals surface area contributed by atoms with Crippen LogP contribution in [0.2, 0.25) is 0 Å². The number of para-hydroxylation sites is 2. The van der Waals surface area contributed by atoms with Crippen LogP contribution >= 0.6 is 0 Å². The van der Waals surface area contributed by atoms with Crippen LogP contribution in [0, 0.1) is 0 Å². The second-order valence-corrected chi connectivity index (χ2v) is 5.59. The van der Waals surface area contributed by atoms with E-state index in [4.69, 9.17) is 14.2 Å². The molecule has 1 saturated heterocycles. The summed E-state index contributed by atoms with van der Waals surface area (Å²) in [5, 5.41) is 10.2. The van der Waals surface area contributed by atoms with Gasteiger partial charge in [-0.25, -0.2) is 0 Å². The minimum absolute atomic E-state index is 0.205. The van der Waals surface area contributed by atoms with Gasteiger partial charge >= 0.3 is 0 Å². The van der Waals surface area contributed by atoms with Crippen LogP contribution in [0.15, 0.2) is 24.3 Å². The fraction of sp³-hybridized carbons (Fsp3) is 0.625. The Bertz CT molecular complexity index is 430. The van der Waals surface area contributed by atoms with Crippen molar-refractivity contribution in [1.82, 2.24) is 4.90 Å². The van der Waals surface area contributed by atoms with E-state index < -0.39 is 6.10 Å².